The summed E-state index contributed by atoms with van der Waals surface area (Å²) in [7, 11) is 0. The average Bonchev–Trinajstić information content (AvgIpc) is 2.73. The summed E-state index contributed by atoms with van der Waals surface area (Å²) >= 11 is 0. The fourth-order valence-electron chi connectivity index (χ4n) is 1.77. The third-order valence-electron chi connectivity index (χ3n) is 2.68. The molecule has 3 rings (SSSR count). The molecule has 0 saturated heterocycles. The molecule has 2 aromatic carbocycles. The summed E-state index contributed by atoms with van der Waals surface area (Å²) in [6.45, 7) is 1.49. The molecule has 0 unspecified atom stereocenters. The Bertz CT molecular complexity index is 654. The fourth-order valence-corrected chi connectivity index (χ4v) is 1.77. The Balaban J connectivity index is 0.000000212. The van der Waals surface area contributed by atoms with Crippen molar-refractivity contribution in [1.29, 1.82) is 0 Å². The first-order valence-corrected chi connectivity index (χ1v) is 6.63. The zero-order valence-corrected chi connectivity index (χ0v) is 11.8. The summed E-state index contributed by atoms with van der Waals surface area (Å²) in [6, 6.07) is 17.4. The van der Waals surface area contributed by atoms with Gasteiger partial charge in [-0.15, -0.1) is 0 Å². The molecule has 0 fully saturated rings. The molecule has 1 amide bonds. The topological polar surface area (TPSA) is 53.5 Å². The van der Waals surface area contributed by atoms with E-state index in [4.69, 9.17) is 0 Å². The second-order valence-corrected chi connectivity index (χ2v) is 4.38. The number of rotatable bonds is 1. The van der Waals surface area contributed by atoms with Crippen LogP contribution in [0.25, 0.3) is 6.08 Å². The Morgan fingerprint density at radius 1 is 1.05 bits per heavy atom. The third kappa shape index (κ3) is 6.68. The van der Waals surface area contributed by atoms with Crippen molar-refractivity contribution in [2.24, 2.45) is 5.10 Å². The van der Waals surface area contributed by atoms with Crippen LogP contribution >= 0.6 is 0 Å². The number of amides is 1. The van der Waals surface area contributed by atoms with Crippen LogP contribution in [0.1, 0.15) is 12.5 Å². The molecule has 0 atom stereocenters. The van der Waals surface area contributed by atoms with Gasteiger partial charge in [0.1, 0.15) is 0 Å². The first-order chi connectivity index (χ1) is 10.3. The minimum absolute atomic E-state index is 0. The van der Waals surface area contributed by atoms with Gasteiger partial charge in [0.05, 0.1) is 5.69 Å². The molecule has 0 saturated carbocycles. The summed E-state index contributed by atoms with van der Waals surface area (Å²) in [4.78, 5) is 10.5. The van der Waals surface area contributed by atoms with Crippen molar-refractivity contribution in [3.8, 4) is 0 Å². The van der Waals surface area contributed by atoms with Crippen molar-refractivity contribution < 1.29 is 4.79 Å². The Morgan fingerprint density at radius 3 is 2.45 bits per heavy atom. The second-order valence-electron chi connectivity index (χ2n) is 4.38. The maximum atomic E-state index is 10.5. The molecule has 1 aliphatic rings. The summed E-state index contributed by atoms with van der Waals surface area (Å²) < 4.78 is 0. The monoisotopic (exact) mass is 319 g/mol. The SMILES string of the molecule is C1=Cc2ccccc2NN=C1.CC(=O)Nc1ccccc1.[KH]. The van der Waals surface area contributed by atoms with E-state index in [2.05, 4.69) is 15.8 Å². The zero-order valence-electron chi connectivity index (χ0n) is 11.8. The molecule has 4 nitrogen and oxygen atoms in total. The molecule has 0 spiro atoms. The summed E-state index contributed by atoms with van der Waals surface area (Å²) in [5, 5.41) is 6.62. The quantitative estimate of drug-likeness (QED) is 0.794. The summed E-state index contributed by atoms with van der Waals surface area (Å²) in [5.74, 6) is -0.0359. The Labute approximate surface area is 173 Å². The van der Waals surface area contributed by atoms with Crippen molar-refractivity contribution in [2.45, 2.75) is 6.92 Å². The van der Waals surface area contributed by atoms with Crippen LogP contribution in [0.2, 0.25) is 0 Å². The molecule has 0 radical (unpaired) electrons. The van der Waals surface area contributed by atoms with Crippen molar-refractivity contribution in [2.75, 3.05) is 10.7 Å². The van der Waals surface area contributed by atoms with E-state index in [1.807, 2.05) is 66.7 Å². The van der Waals surface area contributed by atoms with E-state index in [1.54, 1.807) is 6.21 Å². The van der Waals surface area contributed by atoms with Gasteiger partial charge < -0.3 is 5.32 Å². The molecule has 108 valence electrons. The molecular formula is C17H18KN3O. The van der Waals surface area contributed by atoms with E-state index in [1.165, 1.54) is 12.5 Å². The molecule has 0 aliphatic carbocycles. The Kier molecular flexibility index (Phi) is 8.96. The number of para-hydroxylation sites is 2. The van der Waals surface area contributed by atoms with Crippen molar-refractivity contribution in [1.82, 2.24) is 0 Å². The fraction of sp³-hybridized carbons (Fsp3) is 0.0588. The maximum absolute atomic E-state index is 10.5. The number of allylic oxidation sites excluding steroid dienone is 1. The normalized spacial score (nSPS) is 10.8. The predicted octanol–water partition coefficient (Wildman–Crippen LogP) is 3.11. The molecule has 1 heterocycles. The van der Waals surface area contributed by atoms with Crippen LogP contribution in [-0.4, -0.2) is 63.5 Å². The van der Waals surface area contributed by atoms with Gasteiger partial charge >= 0.3 is 51.4 Å². The molecule has 1 aliphatic heterocycles. The van der Waals surface area contributed by atoms with Crippen molar-refractivity contribution >= 4 is 81.0 Å². The second kappa shape index (κ2) is 10.5. The van der Waals surface area contributed by atoms with E-state index < -0.39 is 0 Å². The van der Waals surface area contributed by atoms with E-state index in [-0.39, 0.29) is 57.3 Å². The van der Waals surface area contributed by atoms with Gasteiger partial charge in [-0.05, 0) is 29.8 Å². The van der Waals surface area contributed by atoms with Crippen molar-refractivity contribution in [3.05, 3.63) is 66.2 Å². The van der Waals surface area contributed by atoms with Crippen LogP contribution < -0.4 is 10.7 Å². The molecule has 22 heavy (non-hydrogen) atoms. The number of hydrazone groups is 1. The number of hydrogen-bond acceptors (Lipinski definition) is 3. The standard InChI is InChI=1S/C9H8N2.C8H9NO.K.H/c1-2-6-9-8(4-1)5-3-7-10-11-9;1-7(10)9-8-5-3-2-4-6-8;;/h1-7,11H;2-6H,1H3,(H,9,10);;. The number of carbonyl (C=O) groups is 1. The number of carbonyl (C=O) groups excluding carboxylic acids is 1. The first-order valence-electron chi connectivity index (χ1n) is 6.63. The van der Waals surface area contributed by atoms with E-state index in [9.17, 15) is 4.79 Å². The molecule has 2 N–H and O–H groups in total. The van der Waals surface area contributed by atoms with E-state index in [0.717, 1.165) is 11.4 Å². The molecule has 0 aromatic heterocycles. The van der Waals surface area contributed by atoms with Gasteiger partial charge in [-0.1, -0.05) is 42.5 Å². The Morgan fingerprint density at radius 2 is 1.73 bits per heavy atom. The predicted molar refractivity (Wildman–Crippen MR) is 95.5 cm³/mol. The Hall–Kier alpha value is -1.24. The van der Waals surface area contributed by atoms with Crippen LogP contribution in [0, 0.1) is 0 Å². The van der Waals surface area contributed by atoms with Gasteiger partial charge in [0, 0.05) is 18.8 Å². The average molecular weight is 319 g/mol. The molecular weight excluding hydrogens is 301 g/mol. The van der Waals surface area contributed by atoms with Crippen LogP contribution in [0.4, 0.5) is 11.4 Å². The number of nitrogens with zero attached hydrogens (tertiary/aromatic N) is 1. The number of nitrogens with one attached hydrogen (secondary N) is 2. The van der Waals surface area contributed by atoms with Gasteiger partial charge in [0.25, 0.3) is 0 Å². The number of hydrogen-bond donors (Lipinski definition) is 2. The summed E-state index contributed by atoms with van der Waals surface area (Å²) in [6.07, 6.45) is 5.68. The summed E-state index contributed by atoms with van der Waals surface area (Å²) in [5.41, 5.74) is 6.00. The molecule has 2 aromatic rings. The minimum atomic E-state index is -0.0359. The van der Waals surface area contributed by atoms with Gasteiger partial charge in [0.15, 0.2) is 0 Å². The number of benzene rings is 2. The van der Waals surface area contributed by atoms with Gasteiger partial charge in [-0.25, -0.2) is 0 Å². The van der Waals surface area contributed by atoms with Gasteiger partial charge in [-0.3, -0.25) is 10.2 Å². The first kappa shape index (κ1) is 18.8. The number of anilines is 2. The van der Waals surface area contributed by atoms with Crippen LogP contribution in [0.3, 0.4) is 0 Å². The van der Waals surface area contributed by atoms with Gasteiger partial charge in [0.2, 0.25) is 5.91 Å². The van der Waals surface area contributed by atoms with Gasteiger partial charge in [-0.2, -0.15) is 5.10 Å². The third-order valence-corrected chi connectivity index (χ3v) is 2.68. The van der Waals surface area contributed by atoms with Crippen LogP contribution in [-0.2, 0) is 4.79 Å². The van der Waals surface area contributed by atoms with E-state index >= 15 is 0 Å². The molecule has 0 bridgehead atoms. The van der Waals surface area contributed by atoms with Crippen LogP contribution in [0.5, 0.6) is 0 Å². The van der Waals surface area contributed by atoms with Crippen LogP contribution in [0.15, 0.2) is 65.8 Å². The zero-order chi connectivity index (χ0) is 14.9. The van der Waals surface area contributed by atoms with E-state index in [0.29, 0.717) is 0 Å². The molecule has 5 heteroatoms. The van der Waals surface area contributed by atoms with Crippen molar-refractivity contribution in [3.63, 3.8) is 0 Å². The number of fused-ring (bicyclic) bond motifs is 1.